The molecule has 6 heteroatoms. The van der Waals surface area contributed by atoms with Gasteiger partial charge in [0.25, 0.3) is 0 Å². The molecule has 2 atom stereocenters. The molecule has 4 rings (SSSR count). The molecule has 0 amide bonds. The number of hydrogen-bond donors (Lipinski definition) is 0. The first-order chi connectivity index (χ1) is 22.3. The van der Waals surface area contributed by atoms with Crippen molar-refractivity contribution in [3.63, 3.8) is 0 Å². The summed E-state index contributed by atoms with van der Waals surface area (Å²) in [5.41, 5.74) is 6.02. The molecule has 0 aliphatic heterocycles. The molecular weight excluding hydrogens is 576 g/mol. The van der Waals surface area contributed by atoms with Crippen molar-refractivity contribution in [2.24, 2.45) is 11.8 Å². The number of ketones is 2. The van der Waals surface area contributed by atoms with Gasteiger partial charge in [-0.2, -0.15) is 0 Å². The molecule has 6 nitrogen and oxygen atoms in total. The van der Waals surface area contributed by atoms with E-state index in [1.807, 2.05) is 97.1 Å². The minimum Gasteiger partial charge on any atom is -0.461 e. The number of Topliss-reactive ketones (excluding diaryl/α,β-unsaturated/α-hetero) is 2. The van der Waals surface area contributed by atoms with E-state index < -0.39 is 11.8 Å². The first-order valence-corrected chi connectivity index (χ1v) is 15.8. The molecule has 0 saturated carbocycles. The molecule has 0 radical (unpaired) electrons. The van der Waals surface area contributed by atoms with E-state index in [9.17, 15) is 19.2 Å². The molecule has 0 aliphatic carbocycles. The lowest BCUT2D eigenvalue weighted by atomic mass is 9.92. The van der Waals surface area contributed by atoms with Crippen molar-refractivity contribution < 1.29 is 28.7 Å². The molecule has 0 unspecified atom stereocenters. The molecule has 0 saturated heterocycles. The van der Waals surface area contributed by atoms with Crippen molar-refractivity contribution in [2.45, 2.75) is 65.6 Å². The van der Waals surface area contributed by atoms with Gasteiger partial charge in [0, 0.05) is 12.8 Å². The zero-order valence-electron chi connectivity index (χ0n) is 26.7. The lowest BCUT2D eigenvalue weighted by Gasteiger charge is -2.16. The Bertz CT molecular complexity index is 1470. The monoisotopic (exact) mass is 618 g/mol. The van der Waals surface area contributed by atoms with Crippen LogP contribution in [0.5, 0.6) is 0 Å². The standard InChI is InChI=1S/C40H42O6/c1-29(41)23-37(39(43)45-27-33-11-5-3-6-12-33)21-19-31-15-9-17-35(25-31)36-18-10-16-32(26-36)20-22-38(24-30(2)42)40(44)46-28-34-13-7-4-8-14-34/h3-18,25-26,37-38H,19-24,27-28H2,1-2H3/t37-,38-/m0/s1. The van der Waals surface area contributed by atoms with Crippen LogP contribution in [0.1, 0.15) is 61.8 Å². The predicted molar refractivity (Wildman–Crippen MR) is 179 cm³/mol. The summed E-state index contributed by atoms with van der Waals surface area (Å²) in [5.74, 6) is -1.79. The Morgan fingerprint density at radius 2 is 0.870 bits per heavy atom. The zero-order chi connectivity index (χ0) is 32.7. The van der Waals surface area contributed by atoms with Gasteiger partial charge < -0.3 is 19.1 Å². The molecule has 0 heterocycles. The number of benzene rings is 4. The second-order valence-corrected chi connectivity index (χ2v) is 11.9. The fourth-order valence-electron chi connectivity index (χ4n) is 5.49. The summed E-state index contributed by atoms with van der Waals surface area (Å²) in [7, 11) is 0. The van der Waals surface area contributed by atoms with Crippen LogP contribution in [0, 0.1) is 11.8 Å². The molecule has 46 heavy (non-hydrogen) atoms. The number of carbonyl (C=O) groups is 4. The summed E-state index contributed by atoms with van der Waals surface area (Å²) in [5, 5.41) is 0. The van der Waals surface area contributed by atoms with Gasteiger partial charge in [-0.15, -0.1) is 0 Å². The van der Waals surface area contributed by atoms with Gasteiger partial charge in [0.1, 0.15) is 24.8 Å². The highest BCUT2D eigenvalue weighted by molar-refractivity contribution is 5.83. The predicted octanol–water partition coefficient (Wildman–Crippen LogP) is 7.90. The lowest BCUT2D eigenvalue weighted by molar-refractivity contribution is -0.152. The third kappa shape index (κ3) is 11.3. The fraction of sp³-hybridized carbons (Fsp3) is 0.300. The summed E-state index contributed by atoms with van der Waals surface area (Å²) >= 11 is 0. The Labute approximate surface area is 271 Å². The molecule has 4 aromatic rings. The number of rotatable bonds is 17. The van der Waals surface area contributed by atoms with Crippen LogP contribution in [0.15, 0.2) is 109 Å². The van der Waals surface area contributed by atoms with Gasteiger partial charge in [-0.25, -0.2) is 0 Å². The molecule has 0 spiro atoms. The van der Waals surface area contributed by atoms with Crippen LogP contribution in [-0.4, -0.2) is 23.5 Å². The Hall–Kier alpha value is -4.84. The van der Waals surface area contributed by atoms with Crippen LogP contribution >= 0.6 is 0 Å². The van der Waals surface area contributed by atoms with Gasteiger partial charge in [-0.05, 0) is 72.9 Å². The average molecular weight is 619 g/mol. The Morgan fingerprint density at radius 3 is 1.24 bits per heavy atom. The SMILES string of the molecule is CC(=O)C[C@H](CCc1cccc(-c2cccc(CC[C@@H](CC(C)=O)C(=O)OCc3ccccc3)c2)c1)C(=O)OCc1ccccc1. The summed E-state index contributed by atoms with van der Waals surface area (Å²) in [6.45, 7) is 3.37. The highest BCUT2D eigenvalue weighted by atomic mass is 16.5. The maximum Gasteiger partial charge on any atom is 0.309 e. The van der Waals surface area contributed by atoms with Crippen LogP contribution < -0.4 is 0 Å². The largest absolute Gasteiger partial charge is 0.461 e. The smallest absolute Gasteiger partial charge is 0.309 e. The number of esters is 2. The van der Waals surface area contributed by atoms with Gasteiger partial charge in [0.05, 0.1) is 11.8 Å². The summed E-state index contributed by atoms with van der Waals surface area (Å²) < 4.78 is 11.1. The molecule has 0 aromatic heterocycles. The van der Waals surface area contributed by atoms with Crippen molar-refractivity contribution in [2.75, 3.05) is 0 Å². The van der Waals surface area contributed by atoms with Crippen molar-refractivity contribution in [3.8, 4) is 11.1 Å². The lowest BCUT2D eigenvalue weighted by Crippen LogP contribution is -2.21. The van der Waals surface area contributed by atoms with E-state index in [2.05, 4.69) is 12.1 Å². The Morgan fingerprint density at radius 1 is 0.500 bits per heavy atom. The van der Waals surface area contributed by atoms with Gasteiger partial charge in [-0.3, -0.25) is 9.59 Å². The first-order valence-electron chi connectivity index (χ1n) is 15.8. The van der Waals surface area contributed by atoms with E-state index in [0.717, 1.165) is 33.4 Å². The number of carbonyl (C=O) groups excluding carboxylic acids is 4. The maximum atomic E-state index is 12.9. The molecule has 238 valence electrons. The summed E-state index contributed by atoms with van der Waals surface area (Å²) in [4.78, 5) is 49.7. The summed E-state index contributed by atoms with van der Waals surface area (Å²) in [6, 6.07) is 35.4. The van der Waals surface area contributed by atoms with Gasteiger partial charge >= 0.3 is 11.9 Å². The Kier molecular flexibility index (Phi) is 13.0. The van der Waals surface area contributed by atoms with E-state index in [1.165, 1.54) is 13.8 Å². The van der Waals surface area contributed by atoms with Crippen LogP contribution in [0.4, 0.5) is 0 Å². The van der Waals surface area contributed by atoms with E-state index >= 15 is 0 Å². The Balaban J connectivity index is 1.36. The highest BCUT2D eigenvalue weighted by Crippen LogP contribution is 2.25. The highest BCUT2D eigenvalue weighted by Gasteiger charge is 2.23. The van der Waals surface area contributed by atoms with E-state index in [4.69, 9.17) is 9.47 Å². The molecule has 0 aliphatic rings. The van der Waals surface area contributed by atoms with Crippen molar-refractivity contribution in [1.29, 1.82) is 0 Å². The minimum absolute atomic E-state index is 0.0396. The number of hydrogen-bond acceptors (Lipinski definition) is 6. The molecule has 0 N–H and O–H groups in total. The van der Waals surface area contributed by atoms with E-state index in [1.54, 1.807) is 0 Å². The van der Waals surface area contributed by atoms with Crippen molar-refractivity contribution >= 4 is 23.5 Å². The average Bonchev–Trinajstić information content (AvgIpc) is 3.07. The molecule has 0 bridgehead atoms. The third-order valence-corrected chi connectivity index (χ3v) is 7.93. The quantitative estimate of drug-likeness (QED) is 0.112. The normalized spacial score (nSPS) is 12.1. The minimum atomic E-state index is -0.504. The number of ether oxygens (including phenoxy) is 2. The molecule has 4 aromatic carbocycles. The fourth-order valence-corrected chi connectivity index (χ4v) is 5.49. The first kappa shape index (κ1) is 34.0. The van der Waals surface area contributed by atoms with Gasteiger partial charge in [0.2, 0.25) is 0 Å². The van der Waals surface area contributed by atoms with Crippen LogP contribution in [0.25, 0.3) is 11.1 Å². The maximum absolute atomic E-state index is 12.9. The van der Waals surface area contributed by atoms with Crippen LogP contribution in [0.2, 0.25) is 0 Å². The van der Waals surface area contributed by atoms with Crippen molar-refractivity contribution in [1.82, 2.24) is 0 Å². The number of aryl methyl sites for hydroxylation is 2. The summed E-state index contributed by atoms with van der Waals surface area (Å²) in [6.07, 6.45) is 2.58. The van der Waals surface area contributed by atoms with Crippen molar-refractivity contribution in [3.05, 3.63) is 131 Å². The van der Waals surface area contributed by atoms with Crippen LogP contribution in [-0.2, 0) is 54.7 Å². The topological polar surface area (TPSA) is 86.7 Å². The second kappa shape index (κ2) is 17.6. The van der Waals surface area contributed by atoms with Gasteiger partial charge in [0.15, 0.2) is 0 Å². The molecule has 0 fully saturated rings. The molecular formula is C40H42O6. The van der Waals surface area contributed by atoms with Crippen LogP contribution in [0.3, 0.4) is 0 Å². The van der Waals surface area contributed by atoms with E-state index in [-0.39, 0.29) is 49.6 Å². The second-order valence-electron chi connectivity index (χ2n) is 11.9. The van der Waals surface area contributed by atoms with Gasteiger partial charge in [-0.1, -0.05) is 109 Å². The third-order valence-electron chi connectivity index (χ3n) is 7.93. The van der Waals surface area contributed by atoms with E-state index in [0.29, 0.717) is 25.7 Å². The zero-order valence-corrected chi connectivity index (χ0v) is 26.7.